The highest BCUT2D eigenvalue weighted by atomic mass is 19.1. The van der Waals surface area contributed by atoms with E-state index in [1.807, 2.05) is 18.2 Å². The number of aliphatic hydroxyl groups excluding tert-OH is 1. The largest absolute Gasteiger partial charge is 0.497 e. The van der Waals surface area contributed by atoms with Gasteiger partial charge < -0.3 is 14.7 Å². The van der Waals surface area contributed by atoms with E-state index in [1.54, 1.807) is 20.2 Å². The predicted molar refractivity (Wildman–Crippen MR) is 77.4 cm³/mol. The van der Waals surface area contributed by atoms with Crippen molar-refractivity contribution < 1.29 is 18.6 Å². The number of methoxy groups -OCH3 is 1. The van der Waals surface area contributed by atoms with E-state index in [4.69, 9.17) is 9.84 Å². The van der Waals surface area contributed by atoms with Crippen LogP contribution in [0.3, 0.4) is 0 Å². The molecule has 0 spiro atoms. The van der Waals surface area contributed by atoms with Gasteiger partial charge in [-0.25, -0.2) is 8.78 Å². The van der Waals surface area contributed by atoms with Crippen LogP contribution in [0.25, 0.3) is 0 Å². The Hall–Kier alpha value is -2.14. The van der Waals surface area contributed by atoms with Crippen molar-refractivity contribution in [2.24, 2.45) is 0 Å². The van der Waals surface area contributed by atoms with E-state index in [1.165, 1.54) is 4.90 Å². The molecule has 0 amide bonds. The summed E-state index contributed by atoms with van der Waals surface area (Å²) in [6.45, 7) is -0.0583. The number of rotatable bonds is 5. The van der Waals surface area contributed by atoms with Crippen LogP contribution >= 0.6 is 0 Å². The zero-order valence-electron chi connectivity index (χ0n) is 11.9. The molecular weight excluding hydrogens is 276 g/mol. The summed E-state index contributed by atoms with van der Waals surface area (Å²) >= 11 is 0. The number of nitrogens with zero attached hydrogens (tertiary/aromatic N) is 1. The first-order chi connectivity index (χ1) is 10.0. The summed E-state index contributed by atoms with van der Waals surface area (Å²) in [5.74, 6) is -0.689. The van der Waals surface area contributed by atoms with Gasteiger partial charge >= 0.3 is 0 Å². The van der Waals surface area contributed by atoms with Crippen molar-refractivity contribution in [1.29, 1.82) is 0 Å². The zero-order chi connectivity index (χ0) is 15.4. The van der Waals surface area contributed by atoms with Crippen molar-refractivity contribution in [3.05, 3.63) is 59.2 Å². The summed E-state index contributed by atoms with van der Waals surface area (Å²) in [6, 6.07) is 9.58. The number of aliphatic hydroxyl groups is 1. The van der Waals surface area contributed by atoms with Gasteiger partial charge in [0.2, 0.25) is 0 Å². The molecule has 0 saturated carbocycles. The molecule has 0 unspecified atom stereocenters. The first-order valence-electron chi connectivity index (χ1n) is 6.48. The fraction of sp³-hybridized carbons (Fsp3) is 0.250. The molecular formula is C16H17F2NO2. The molecule has 0 atom stereocenters. The molecule has 0 aliphatic carbocycles. The molecule has 0 radical (unpaired) electrons. The normalized spacial score (nSPS) is 10.5. The fourth-order valence-electron chi connectivity index (χ4n) is 2.20. The maximum Gasteiger partial charge on any atom is 0.149 e. The Bertz CT molecular complexity index is 608. The minimum atomic E-state index is -0.690. The molecule has 0 heterocycles. The van der Waals surface area contributed by atoms with Gasteiger partial charge in [0.05, 0.1) is 13.7 Å². The van der Waals surface area contributed by atoms with E-state index in [-0.39, 0.29) is 11.3 Å². The molecule has 2 aromatic carbocycles. The summed E-state index contributed by atoms with van der Waals surface area (Å²) in [4.78, 5) is 1.49. The van der Waals surface area contributed by atoms with Gasteiger partial charge in [-0.15, -0.1) is 0 Å². The molecule has 5 heteroatoms. The van der Waals surface area contributed by atoms with Gasteiger partial charge in [-0.2, -0.15) is 0 Å². The Morgan fingerprint density at radius 3 is 2.33 bits per heavy atom. The second kappa shape index (κ2) is 6.54. The average molecular weight is 293 g/mol. The second-order valence-corrected chi connectivity index (χ2v) is 4.77. The first kappa shape index (κ1) is 15.3. The smallest absolute Gasteiger partial charge is 0.149 e. The summed E-state index contributed by atoms with van der Waals surface area (Å²) in [5.41, 5.74) is 0.973. The lowest BCUT2D eigenvalue weighted by atomic mass is 10.1. The molecule has 0 saturated heterocycles. The van der Waals surface area contributed by atoms with Crippen LogP contribution in [0.15, 0.2) is 36.4 Å². The topological polar surface area (TPSA) is 32.7 Å². The molecule has 1 N–H and O–H groups in total. The molecule has 2 rings (SSSR count). The second-order valence-electron chi connectivity index (χ2n) is 4.77. The lowest BCUT2D eigenvalue weighted by Gasteiger charge is -2.21. The number of halogens is 2. The Balaban J connectivity index is 2.25. The first-order valence-corrected chi connectivity index (χ1v) is 6.48. The molecule has 0 aliphatic rings. The van der Waals surface area contributed by atoms with E-state index in [2.05, 4.69) is 0 Å². The summed E-state index contributed by atoms with van der Waals surface area (Å²) in [6.07, 6.45) is 0. The van der Waals surface area contributed by atoms with Crippen LogP contribution < -0.4 is 9.64 Å². The SMILES string of the molecule is COc1cccc(CN(C)c2c(F)cc(CO)cc2F)c1. The van der Waals surface area contributed by atoms with Gasteiger partial charge in [0, 0.05) is 13.6 Å². The number of hydrogen-bond donors (Lipinski definition) is 1. The highest BCUT2D eigenvalue weighted by molar-refractivity contribution is 5.50. The van der Waals surface area contributed by atoms with Gasteiger partial charge in [0.1, 0.15) is 23.1 Å². The van der Waals surface area contributed by atoms with Gasteiger partial charge in [0.25, 0.3) is 0 Å². The van der Waals surface area contributed by atoms with Crippen LogP contribution in [0, 0.1) is 11.6 Å². The Labute approximate surface area is 122 Å². The van der Waals surface area contributed by atoms with Crippen LogP contribution in [0.2, 0.25) is 0 Å². The highest BCUT2D eigenvalue weighted by Gasteiger charge is 2.15. The van der Waals surface area contributed by atoms with Crippen molar-refractivity contribution >= 4 is 5.69 Å². The van der Waals surface area contributed by atoms with Crippen LogP contribution in [0.4, 0.5) is 14.5 Å². The number of benzene rings is 2. The Kier molecular flexibility index (Phi) is 4.75. The number of ether oxygens (including phenoxy) is 1. The predicted octanol–water partition coefficient (Wildman–Crippen LogP) is 3.10. The standard InChI is InChI=1S/C16H17F2NO2/c1-19(9-11-4-3-5-13(6-11)21-2)16-14(17)7-12(10-20)8-15(16)18/h3-8,20H,9-10H2,1-2H3. The molecule has 3 nitrogen and oxygen atoms in total. The lowest BCUT2D eigenvalue weighted by Crippen LogP contribution is -2.19. The van der Waals surface area contributed by atoms with Crippen LogP contribution in [-0.4, -0.2) is 19.3 Å². The minimum absolute atomic E-state index is 0.116. The summed E-state index contributed by atoms with van der Waals surface area (Å²) < 4.78 is 33.1. The lowest BCUT2D eigenvalue weighted by molar-refractivity contribution is 0.280. The number of hydrogen-bond acceptors (Lipinski definition) is 3. The number of anilines is 1. The maximum absolute atomic E-state index is 14.0. The molecule has 0 aliphatic heterocycles. The molecule has 112 valence electrons. The van der Waals surface area contributed by atoms with E-state index in [9.17, 15) is 8.78 Å². The van der Waals surface area contributed by atoms with Crippen molar-refractivity contribution in [1.82, 2.24) is 0 Å². The molecule has 0 fully saturated rings. The molecule has 0 bridgehead atoms. The third kappa shape index (κ3) is 3.49. The Morgan fingerprint density at radius 1 is 1.10 bits per heavy atom. The summed E-state index contributed by atoms with van der Waals surface area (Å²) in [5, 5.41) is 8.95. The van der Waals surface area contributed by atoms with Crippen molar-refractivity contribution in [2.45, 2.75) is 13.2 Å². The van der Waals surface area contributed by atoms with Crippen molar-refractivity contribution in [3.8, 4) is 5.75 Å². The monoisotopic (exact) mass is 293 g/mol. The Morgan fingerprint density at radius 2 is 1.76 bits per heavy atom. The molecule has 2 aromatic rings. The zero-order valence-corrected chi connectivity index (χ0v) is 11.9. The molecule has 0 aromatic heterocycles. The van der Waals surface area contributed by atoms with E-state index in [0.29, 0.717) is 12.3 Å². The fourth-order valence-corrected chi connectivity index (χ4v) is 2.20. The van der Waals surface area contributed by atoms with Gasteiger partial charge in [-0.1, -0.05) is 12.1 Å². The van der Waals surface area contributed by atoms with Gasteiger partial charge in [0.15, 0.2) is 0 Å². The van der Waals surface area contributed by atoms with Crippen LogP contribution in [0.5, 0.6) is 5.75 Å². The van der Waals surface area contributed by atoms with Crippen molar-refractivity contribution in [3.63, 3.8) is 0 Å². The highest BCUT2D eigenvalue weighted by Crippen LogP contribution is 2.26. The molecule has 21 heavy (non-hydrogen) atoms. The van der Waals surface area contributed by atoms with Crippen molar-refractivity contribution in [2.75, 3.05) is 19.1 Å². The average Bonchev–Trinajstić information content (AvgIpc) is 2.46. The van der Waals surface area contributed by atoms with Gasteiger partial charge in [-0.05, 0) is 35.4 Å². The van der Waals surface area contributed by atoms with E-state index in [0.717, 1.165) is 17.7 Å². The third-order valence-corrected chi connectivity index (χ3v) is 3.19. The van der Waals surface area contributed by atoms with E-state index >= 15 is 0 Å². The maximum atomic E-state index is 14.0. The minimum Gasteiger partial charge on any atom is -0.497 e. The van der Waals surface area contributed by atoms with Gasteiger partial charge in [-0.3, -0.25) is 0 Å². The third-order valence-electron chi connectivity index (χ3n) is 3.19. The quantitative estimate of drug-likeness (QED) is 0.919. The van der Waals surface area contributed by atoms with Crippen LogP contribution in [0.1, 0.15) is 11.1 Å². The van der Waals surface area contributed by atoms with E-state index < -0.39 is 18.2 Å². The van der Waals surface area contributed by atoms with Crippen LogP contribution in [-0.2, 0) is 13.2 Å². The summed E-state index contributed by atoms with van der Waals surface area (Å²) in [7, 11) is 3.18.